The topological polar surface area (TPSA) is 38.9 Å². The first-order valence-electron chi connectivity index (χ1n) is 5.85. The fourth-order valence-electron chi connectivity index (χ4n) is 1.79. The van der Waals surface area contributed by atoms with Crippen LogP contribution in [0.15, 0.2) is 40.7 Å². The second kappa shape index (κ2) is 5.60. The maximum absolute atomic E-state index is 13.7. The fraction of sp³-hybridized carbons (Fsp3) is 0.0714. The van der Waals surface area contributed by atoms with Gasteiger partial charge in [0.15, 0.2) is 4.34 Å². The van der Waals surface area contributed by atoms with E-state index in [2.05, 4.69) is 4.98 Å². The van der Waals surface area contributed by atoms with Crippen molar-refractivity contribution in [2.75, 3.05) is 5.73 Å². The number of hydrogen-bond acceptors (Lipinski definition) is 4. The molecule has 2 nitrogen and oxygen atoms in total. The van der Waals surface area contributed by atoms with Gasteiger partial charge in [-0.3, -0.25) is 0 Å². The minimum absolute atomic E-state index is 0.282. The molecule has 0 atom stereocenters. The van der Waals surface area contributed by atoms with Crippen LogP contribution in [0.4, 0.5) is 10.1 Å². The second-order valence-corrected chi connectivity index (χ2v) is 6.86. The maximum atomic E-state index is 13.7. The van der Waals surface area contributed by atoms with Crippen LogP contribution in [-0.4, -0.2) is 4.98 Å². The van der Waals surface area contributed by atoms with Gasteiger partial charge in [-0.15, -0.1) is 11.3 Å². The van der Waals surface area contributed by atoms with Crippen LogP contribution in [0.2, 0.25) is 5.02 Å². The molecule has 20 heavy (non-hydrogen) atoms. The Hall–Kier alpha value is -1.30. The van der Waals surface area contributed by atoms with Crippen LogP contribution in [0, 0.1) is 5.82 Å². The molecule has 0 bridgehead atoms. The number of fused-ring (bicyclic) bond motifs is 1. The van der Waals surface area contributed by atoms with Crippen LogP contribution in [0.3, 0.4) is 0 Å². The van der Waals surface area contributed by atoms with Crippen LogP contribution in [-0.2, 0) is 5.75 Å². The van der Waals surface area contributed by atoms with Gasteiger partial charge in [0.1, 0.15) is 5.82 Å². The Morgan fingerprint density at radius 2 is 2.15 bits per heavy atom. The van der Waals surface area contributed by atoms with Gasteiger partial charge in [-0.2, -0.15) is 0 Å². The monoisotopic (exact) mass is 324 g/mol. The van der Waals surface area contributed by atoms with Gasteiger partial charge in [0.25, 0.3) is 0 Å². The Labute approximate surface area is 128 Å². The maximum Gasteiger partial charge on any atom is 0.151 e. The molecule has 0 fully saturated rings. The summed E-state index contributed by atoms with van der Waals surface area (Å²) in [4.78, 5) is 4.49. The van der Waals surface area contributed by atoms with Crippen molar-refractivity contribution < 1.29 is 4.39 Å². The summed E-state index contributed by atoms with van der Waals surface area (Å²) in [5.41, 5.74) is 7.88. The Balaban J connectivity index is 1.83. The number of halogens is 2. The first-order chi connectivity index (χ1) is 9.63. The van der Waals surface area contributed by atoms with E-state index in [0.717, 1.165) is 20.2 Å². The highest BCUT2D eigenvalue weighted by Crippen LogP contribution is 2.34. The number of aromatic nitrogens is 1. The quantitative estimate of drug-likeness (QED) is 0.546. The zero-order chi connectivity index (χ0) is 14.1. The van der Waals surface area contributed by atoms with E-state index in [1.54, 1.807) is 23.5 Å². The van der Waals surface area contributed by atoms with E-state index in [1.807, 2.05) is 18.2 Å². The summed E-state index contributed by atoms with van der Waals surface area (Å²) in [6, 6.07) is 10.3. The van der Waals surface area contributed by atoms with Crippen LogP contribution in [0.25, 0.3) is 10.2 Å². The first-order valence-corrected chi connectivity index (χ1v) is 8.03. The third kappa shape index (κ3) is 2.75. The van der Waals surface area contributed by atoms with Crippen LogP contribution >= 0.6 is 34.7 Å². The van der Waals surface area contributed by atoms with E-state index in [0.29, 0.717) is 16.3 Å². The van der Waals surface area contributed by atoms with E-state index >= 15 is 0 Å². The zero-order valence-electron chi connectivity index (χ0n) is 10.3. The largest absolute Gasteiger partial charge is 0.399 e. The minimum atomic E-state index is -0.282. The molecule has 0 radical (unpaired) electrons. The summed E-state index contributed by atoms with van der Waals surface area (Å²) >= 11 is 9.03. The molecule has 2 aromatic carbocycles. The van der Waals surface area contributed by atoms with Gasteiger partial charge in [0.05, 0.1) is 10.2 Å². The smallest absolute Gasteiger partial charge is 0.151 e. The summed E-state index contributed by atoms with van der Waals surface area (Å²) in [6.45, 7) is 0. The Kier molecular flexibility index (Phi) is 3.83. The highest BCUT2D eigenvalue weighted by atomic mass is 35.5. The molecule has 1 heterocycles. The van der Waals surface area contributed by atoms with Crippen molar-refractivity contribution in [2.24, 2.45) is 0 Å². The number of nitrogens with zero attached hydrogens (tertiary/aromatic N) is 1. The van der Waals surface area contributed by atoms with Gasteiger partial charge in [0, 0.05) is 22.0 Å². The van der Waals surface area contributed by atoms with Crippen molar-refractivity contribution in [1.29, 1.82) is 0 Å². The lowest BCUT2D eigenvalue weighted by atomic mass is 10.2. The molecule has 1 aromatic heterocycles. The van der Waals surface area contributed by atoms with Gasteiger partial charge >= 0.3 is 0 Å². The second-order valence-electron chi connectivity index (χ2n) is 4.20. The Morgan fingerprint density at radius 1 is 1.30 bits per heavy atom. The molecule has 0 aliphatic heterocycles. The summed E-state index contributed by atoms with van der Waals surface area (Å²) in [5, 5.41) is 0.447. The van der Waals surface area contributed by atoms with Crippen molar-refractivity contribution >= 4 is 50.6 Å². The number of benzene rings is 2. The number of rotatable bonds is 3. The lowest BCUT2D eigenvalue weighted by Crippen LogP contribution is -1.88. The molecule has 102 valence electrons. The van der Waals surface area contributed by atoms with Crippen molar-refractivity contribution in [2.45, 2.75) is 10.1 Å². The van der Waals surface area contributed by atoms with E-state index in [-0.39, 0.29) is 5.82 Å². The summed E-state index contributed by atoms with van der Waals surface area (Å²) in [5.74, 6) is 0.177. The van der Waals surface area contributed by atoms with Gasteiger partial charge < -0.3 is 5.73 Å². The lowest BCUT2D eigenvalue weighted by Gasteiger charge is -2.03. The molecule has 2 N–H and O–H groups in total. The molecule has 0 amide bonds. The normalized spacial score (nSPS) is 11.1. The molecule has 0 unspecified atom stereocenters. The summed E-state index contributed by atoms with van der Waals surface area (Å²) < 4.78 is 15.6. The molecular formula is C14H10ClFN2S2. The van der Waals surface area contributed by atoms with Gasteiger partial charge in [-0.05, 0) is 30.3 Å². The molecule has 0 aliphatic carbocycles. The van der Waals surface area contributed by atoms with Gasteiger partial charge in [-0.1, -0.05) is 29.4 Å². The average Bonchev–Trinajstić information content (AvgIpc) is 2.80. The number of thiazole rings is 1. The standard InChI is InChI=1S/C14H10ClFN2S2/c15-10-2-1-3-11(16)9(10)7-19-14-18-12-5-4-8(17)6-13(12)20-14/h1-6H,7,17H2. The van der Waals surface area contributed by atoms with Crippen molar-refractivity contribution in [3.8, 4) is 0 Å². The number of nitrogen functional groups attached to an aromatic ring is 1. The first kappa shape index (κ1) is 13.7. The number of hydrogen-bond donors (Lipinski definition) is 1. The van der Waals surface area contributed by atoms with Crippen molar-refractivity contribution in [1.82, 2.24) is 4.98 Å². The zero-order valence-corrected chi connectivity index (χ0v) is 12.7. The summed E-state index contributed by atoms with van der Waals surface area (Å²) in [7, 11) is 0. The van der Waals surface area contributed by atoms with E-state index in [1.165, 1.54) is 17.8 Å². The van der Waals surface area contributed by atoms with Crippen LogP contribution in [0.5, 0.6) is 0 Å². The van der Waals surface area contributed by atoms with Gasteiger partial charge in [-0.25, -0.2) is 9.37 Å². The van der Waals surface area contributed by atoms with Crippen molar-refractivity contribution in [3.63, 3.8) is 0 Å². The molecule has 0 saturated heterocycles. The highest BCUT2D eigenvalue weighted by Gasteiger charge is 2.10. The predicted molar refractivity (Wildman–Crippen MR) is 85.0 cm³/mol. The van der Waals surface area contributed by atoms with Crippen molar-refractivity contribution in [3.05, 3.63) is 52.8 Å². The number of thioether (sulfide) groups is 1. The third-order valence-electron chi connectivity index (χ3n) is 2.79. The lowest BCUT2D eigenvalue weighted by molar-refractivity contribution is 0.617. The number of anilines is 1. The Morgan fingerprint density at radius 3 is 2.95 bits per heavy atom. The molecule has 0 spiro atoms. The van der Waals surface area contributed by atoms with Crippen LogP contribution in [0.1, 0.15) is 5.56 Å². The van der Waals surface area contributed by atoms with E-state index in [4.69, 9.17) is 17.3 Å². The predicted octanol–water partition coefficient (Wildman–Crippen LogP) is 4.96. The highest BCUT2D eigenvalue weighted by molar-refractivity contribution is 8.00. The molecule has 3 rings (SSSR count). The van der Waals surface area contributed by atoms with Crippen LogP contribution < -0.4 is 5.73 Å². The Bertz CT molecular complexity index is 753. The molecule has 3 aromatic rings. The molecule has 0 saturated carbocycles. The molecule has 6 heteroatoms. The summed E-state index contributed by atoms with van der Waals surface area (Å²) in [6.07, 6.45) is 0. The number of nitrogens with two attached hydrogens (primary N) is 1. The molecular weight excluding hydrogens is 315 g/mol. The van der Waals surface area contributed by atoms with E-state index < -0.39 is 0 Å². The van der Waals surface area contributed by atoms with E-state index in [9.17, 15) is 4.39 Å². The SMILES string of the molecule is Nc1ccc2nc(SCc3c(F)cccc3Cl)sc2c1. The molecule has 0 aliphatic rings. The third-order valence-corrected chi connectivity index (χ3v) is 5.34. The average molecular weight is 325 g/mol. The van der Waals surface area contributed by atoms with Gasteiger partial charge in [0.2, 0.25) is 0 Å². The fourth-order valence-corrected chi connectivity index (χ4v) is 4.25. The minimum Gasteiger partial charge on any atom is -0.399 e.